The molecule has 0 saturated heterocycles. The second-order valence-corrected chi connectivity index (χ2v) is 6.61. The fourth-order valence-electron chi connectivity index (χ4n) is 3.51. The standard InChI is InChI=1S/C24H18N4/c25-23-20(17-10-4-1-5-11-17)16-26-24-21(18-12-6-2-7-13-18)22(27-28(23)24)19-14-8-3-9-15-19/h1-16H,25H2. The van der Waals surface area contributed by atoms with Crippen molar-refractivity contribution in [3.05, 3.63) is 97.2 Å². The van der Waals surface area contributed by atoms with Crippen LogP contribution in [0.5, 0.6) is 0 Å². The van der Waals surface area contributed by atoms with E-state index in [-0.39, 0.29) is 0 Å². The van der Waals surface area contributed by atoms with Gasteiger partial charge >= 0.3 is 0 Å². The van der Waals surface area contributed by atoms with Crippen molar-refractivity contribution < 1.29 is 0 Å². The number of nitrogens with zero attached hydrogens (tertiary/aromatic N) is 3. The molecular weight excluding hydrogens is 344 g/mol. The average molecular weight is 362 g/mol. The van der Waals surface area contributed by atoms with Crippen LogP contribution in [-0.2, 0) is 0 Å². The number of anilines is 1. The first-order valence-electron chi connectivity index (χ1n) is 9.16. The minimum absolute atomic E-state index is 0.579. The second-order valence-electron chi connectivity index (χ2n) is 6.61. The molecule has 0 aliphatic rings. The summed E-state index contributed by atoms with van der Waals surface area (Å²) in [6.07, 6.45) is 1.84. The number of aromatic nitrogens is 3. The lowest BCUT2D eigenvalue weighted by Gasteiger charge is -2.07. The minimum Gasteiger partial charge on any atom is -0.383 e. The van der Waals surface area contributed by atoms with Crippen LogP contribution >= 0.6 is 0 Å². The lowest BCUT2D eigenvalue weighted by Crippen LogP contribution is -2.02. The molecule has 0 amide bonds. The van der Waals surface area contributed by atoms with E-state index in [1.165, 1.54) is 0 Å². The van der Waals surface area contributed by atoms with Gasteiger partial charge in [0, 0.05) is 17.3 Å². The number of rotatable bonds is 3. The molecule has 0 fully saturated rings. The van der Waals surface area contributed by atoms with E-state index in [1.807, 2.05) is 72.9 Å². The van der Waals surface area contributed by atoms with Gasteiger partial charge in [0.25, 0.3) is 0 Å². The highest BCUT2D eigenvalue weighted by molar-refractivity contribution is 5.92. The molecule has 2 aromatic heterocycles. The van der Waals surface area contributed by atoms with Crippen LogP contribution in [0.3, 0.4) is 0 Å². The highest BCUT2D eigenvalue weighted by atomic mass is 15.3. The number of nitrogens with two attached hydrogens (primary N) is 1. The molecule has 5 rings (SSSR count). The highest BCUT2D eigenvalue weighted by Crippen LogP contribution is 2.36. The van der Waals surface area contributed by atoms with Crippen LogP contribution in [0.4, 0.5) is 5.82 Å². The molecule has 0 aliphatic heterocycles. The molecule has 3 aromatic carbocycles. The summed E-state index contributed by atoms with van der Waals surface area (Å²) in [6.45, 7) is 0. The summed E-state index contributed by atoms with van der Waals surface area (Å²) in [4.78, 5) is 4.76. The van der Waals surface area contributed by atoms with Gasteiger partial charge in [0.1, 0.15) is 11.5 Å². The zero-order chi connectivity index (χ0) is 18.9. The van der Waals surface area contributed by atoms with Gasteiger partial charge in [0.15, 0.2) is 5.65 Å². The SMILES string of the molecule is Nc1c(-c2ccccc2)cnc2c(-c3ccccc3)c(-c3ccccc3)nn12. The van der Waals surface area contributed by atoms with E-state index in [9.17, 15) is 0 Å². The summed E-state index contributed by atoms with van der Waals surface area (Å²) in [5.41, 5.74) is 13.1. The zero-order valence-electron chi connectivity index (χ0n) is 15.2. The third-order valence-corrected chi connectivity index (χ3v) is 4.88. The first-order valence-corrected chi connectivity index (χ1v) is 9.16. The maximum atomic E-state index is 6.55. The summed E-state index contributed by atoms with van der Waals surface area (Å²) in [5.74, 6) is 0.579. The molecule has 2 N–H and O–H groups in total. The molecule has 0 radical (unpaired) electrons. The molecular formula is C24H18N4. The van der Waals surface area contributed by atoms with Crippen LogP contribution in [0.2, 0.25) is 0 Å². The number of hydrogen-bond donors (Lipinski definition) is 1. The topological polar surface area (TPSA) is 56.2 Å². The Labute approximate surface area is 162 Å². The normalized spacial score (nSPS) is 11.0. The zero-order valence-corrected chi connectivity index (χ0v) is 15.2. The summed E-state index contributed by atoms with van der Waals surface area (Å²) in [6, 6.07) is 30.4. The van der Waals surface area contributed by atoms with Crippen molar-refractivity contribution in [2.45, 2.75) is 0 Å². The number of nitrogen functional groups attached to an aromatic ring is 1. The van der Waals surface area contributed by atoms with E-state index in [0.717, 1.165) is 39.2 Å². The molecule has 0 spiro atoms. The van der Waals surface area contributed by atoms with Gasteiger partial charge in [-0.25, -0.2) is 4.98 Å². The van der Waals surface area contributed by atoms with Crippen molar-refractivity contribution in [3.63, 3.8) is 0 Å². The quantitative estimate of drug-likeness (QED) is 0.473. The van der Waals surface area contributed by atoms with Crippen molar-refractivity contribution in [1.29, 1.82) is 0 Å². The van der Waals surface area contributed by atoms with Crippen LogP contribution in [0.1, 0.15) is 0 Å². The van der Waals surface area contributed by atoms with Crippen molar-refractivity contribution in [3.8, 4) is 33.5 Å². The Morgan fingerprint density at radius 1 is 0.643 bits per heavy atom. The lowest BCUT2D eigenvalue weighted by molar-refractivity contribution is 0.958. The van der Waals surface area contributed by atoms with Crippen LogP contribution < -0.4 is 5.73 Å². The number of hydrogen-bond acceptors (Lipinski definition) is 3. The Balaban J connectivity index is 1.82. The van der Waals surface area contributed by atoms with Gasteiger partial charge in [-0.3, -0.25) is 0 Å². The van der Waals surface area contributed by atoms with Gasteiger partial charge in [-0.1, -0.05) is 91.0 Å². The molecule has 5 aromatic rings. The Kier molecular flexibility index (Phi) is 3.87. The first kappa shape index (κ1) is 16.3. The van der Waals surface area contributed by atoms with Crippen LogP contribution in [0.15, 0.2) is 97.2 Å². The van der Waals surface area contributed by atoms with E-state index in [2.05, 4.69) is 24.3 Å². The average Bonchev–Trinajstić information content (AvgIpc) is 3.16. The van der Waals surface area contributed by atoms with E-state index in [1.54, 1.807) is 4.52 Å². The van der Waals surface area contributed by atoms with Crippen molar-refractivity contribution in [2.75, 3.05) is 5.73 Å². The third kappa shape index (κ3) is 2.63. The van der Waals surface area contributed by atoms with Crippen molar-refractivity contribution in [2.24, 2.45) is 0 Å². The second kappa shape index (κ2) is 6.67. The molecule has 0 saturated carbocycles. The summed E-state index contributed by atoms with van der Waals surface area (Å²) < 4.78 is 1.76. The smallest absolute Gasteiger partial charge is 0.165 e. The van der Waals surface area contributed by atoms with E-state index >= 15 is 0 Å². The van der Waals surface area contributed by atoms with Gasteiger partial charge in [0.2, 0.25) is 0 Å². The predicted octanol–water partition coefficient (Wildman–Crippen LogP) is 5.31. The fourth-order valence-corrected chi connectivity index (χ4v) is 3.51. The van der Waals surface area contributed by atoms with Crippen molar-refractivity contribution >= 4 is 11.5 Å². The number of fused-ring (bicyclic) bond motifs is 1. The Hall–Kier alpha value is -3.92. The van der Waals surface area contributed by atoms with Gasteiger partial charge < -0.3 is 5.73 Å². The van der Waals surface area contributed by atoms with Crippen LogP contribution in [0.25, 0.3) is 39.2 Å². The van der Waals surface area contributed by atoms with Crippen LogP contribution in [-0.4, -0.2) is 14.6 Å². The van der Waals surface area contributed by atoms with Gasteiger partial charge in [0.05, 0.1) is 5.56 Å². The molecule has 2 heterocycles. The van der Waals surface area contributed by atoms with Crippen molar-refractivity contribution in [1.82, 2.24) is 14.6 Å². The maximum absolute atomic E-state index is 6.55. The molecule has 4 nitrogen and oxygen atoms in total. The molecule has 134 valence electrons. The number of benzene rings is 3. The monoisotopic (exact) mass is 362 g/mol. The summed E-state index contributed by atoms with van der Waals surface area (Å²) in [7, 11) is 0. The Morgan fingerprint density at radius 2 is 1.18 bits per heavy atom. The molecule has 0 atom stereocenters. The molecule has 4 heteroatoms. The third-order valence-electron chi connectivity index (χ3n) is 4.88. The Morgan fingerprint density at radius 3 is 1.79 bits per heavy atom. The molecule has 0 bridgehead atoms. The Bertz CT molecular complexity index is 1240. The molecule has 0 aliphatic carbocycles. The predicted molar refractivity (Wildman–Crippen MR) is 114 cm³/mol. The fraction of sp³-hybridized carbons (Fsp3) is 0. The van der Waals surface area contributed by atoms with E-state index in [4.69, 9.17) is 15.8 Å². The van der Waals surface area contributed by atoms with E-state index < -0.39 is 0 Å². The molecule has 0 unspecified atom stereocenters. The van der Waals surface area contributed by atoms with E-state index in [0.29, 0.717) is 5.82 Å². The minimum atomic E-state index is 0.579. The summed E-state index contributed by atoms with van der Waals surface area (Å²) >= 11 is 0. The largest absolute Gasteiger partial charge is 0.383 e. The first-order chi connectivity index (χ1) is 13.8. The molecule has 28 heavy (non-hydrogen) atoms. The van der Waals surface area contributed by atoms with Gasteiger partial charge in [-0.05, 0) is 11.1 Å². The summed E-state index contributed by atoms with van der Waals surface area (Å²) in [5, 5.41) is 4.87. The maximum Gasteiger partial charge on any atom is 0.165 e. The highest BCUT2D eigenvalue weighted by Gasteiger charge is 2.20. The van der Waals surface area contributed by atoms with Crippen LogP contribution in [0, 0.1) is 0 Å². The van der Waals surface area contributed by atoms with Gasteiger partial charge in [-0.15, -0.1) is 0 Å². The lowest BCUT2D eigenvalue weighted by atomic mass is 10.0. The van der Waals surface area contributed by atoms with Gasteiger partial charge in [-0.2, -0.15) is 9.61 Å².